The van der Waals surface area contributed by atoms with Crippen molar-refractivity contribution >= 4 is 23.3 Å². The quantitative estimate of drug-likeness (QED) is 0.379. The van der Waals surface area contributed by atoms with E-state index >= 15 is 0 Å². The smallest absolute Gasteiger partial charge is 0.324 e. The van der Waals surface area contributed by atoms with Gasteiger partial charge in [0.15, 0.2) is 0 Å². The lowest BCUT2D eigenvalue weighted by molar-refractivity contribution is 0.256. The van der Waals surface area contributed by atoms with Crippen molar-refractivity contribution in [3.63, 3.8) is 0 Å². The van der Waals surface area contributed by atoms with Gasteiger partial charge in [-0.3, -0.25) is 5.32 Å². The molecule has 0 fully saturated rings. The van der Waals surface area contributed by atoms with Crippen molar-refractivity contribution in [1.82, 2.24) is 5.32 Å². The van der Waals surface area contributed by atoms with E-state index in [1.165, 1.54) is 0 Å². The zero-order chi connectivity index (χ0) is 20.5. The van der Waals surface area contributed by atoms with Crippen LogP contribution in [0.1, 0.15) is 18.1 Å². The molecule has 3 aromatic rings. The van der Waals surface area contributed by atoms with Gasteiger partial charge < -0.3 is 10.1 Å². The Morgan fingerprint density at radius 2 is 1.34 bits per heavy atom. The van der Waals surface area contributed by atoms with Crippen LogP contribution in [0.5, 0.6) is 5.75 Å². The van der Waals surface area contributed by atoms with E-state index in [9.17, 15) is 4.79 Å². The maximum absolute atomic E-state index is 12.2. The minimum absolute atomic E-state index is 0.375. The Kier molecular flexibility index (Phi) is 6.73. The SMILES string of the molecule is COc1ccc(NC(=O)N/C(C)=N\N=C(c2ccccc2)c2ccccc2)cc1. The number of benzene rings is 3. The monoisotopic (exact) mass is 386 g/mol. The molecule has 2 amide bonds. The number of rotatable bonds is 5. The number of carbonyl (C=O) groups is 1. The highest BCUT2D eigenvalue weighted by atomic mass is 16.5. The molecule has 0 bridgehead atoms. The number of carbonyl (C=O) groups excluding carboxylic acids is 1. The summed E-state index contributed by atoms with van der Waals surface area (Å²) < 4.78 is 5.10. The zero-order valence-electron chi connectivity index (χ0n) is 16.3. The number of nitrogens with one attached hydrogen (secondary N) is 2. The van der Waals surface area contributed by atoms with Crippen molar-refractivity contribution in [1.29, 1.82) is 0 Å². The third-order valence-electron chi connectivity index (χ3n) is 4.04. The summed E-state index contributed by atoms with van der Waals surface area (Å²) in [5.41, 5.74) is 3.26. The van der Waals surface area contributed by atoms with Crippen molar-refractivity contribution in [2.75, 3.05) is 12.4 Å². The van der Waals surface area contributed by atoms with E-state index in [-0.39, 0.29) is 0 Å². The number of amides is 2. The van der Waals surface area contributed by atoms with Gasteiger partial charge in [-0.15, -0.1) is 10.2 Å². The maximum Gasteiger partial charge on any atom is 0.324 e. The van der Waals surface area contributed by atoms with Gasteiger partial charge in [0.05, 0.1) is 7.11 Å². The summed E-state index contributed by atoms with van der Waals surface area (Å²) in [5.74, 6) is 1.10. The third-order valence-corrected chi connectivity index (χ3v) is 4.04. The molecule has 3 aromatic carbocycles. The van der Waals surface area contributed by atoms with Gasteiger partial charge in [0.25, 0.3) is 0 Å². The first-order chi connectivity index (χ1) is 14.2. The van der Waals surface area contributed by atoms with Crippen LogP contribution in [0.2, 0.25) is 0 Å². The van der Waals surface area contributed by atoms with Gasteiger partial charge in [-0.25, -0.2) is 4.79 Å². The second kappa shape index (κ2) is 9.85. The lowest BCUT2D eigenvalue weighted by Crippen LogP contribution is -2.32. The number of urea groups is 1. The summed E-state index contributed by atoms with van der Waals surface area (Å²) in [5, 5.41) is 14.0. The summed E-state index contributed by atoms with van der Waals surface area (Å²) in [6, 6.07) is 26.2. The normalized spacial score (nSPS) is 10.8. The van der Waals surface area contributed by atoms with Crippen LogP contribution >= 0.6 is 0 Å². The Labute approximate surface area is 170 Å². The van der Waals surface area contributed by atoms with E-state index in [2.05, 4.69) is 20.8 Å². The van der Waals surface area contributed by atoms with Gasteiger partial charge >= 0.3 is 6.03 Å². The van der Waals surface area contributed by atoms with Gasteiger partial charge in [-0.05, 0) is 31.2 Å². The molecule has 0 aliphatic carbocycles. The highest BCUT2D eigenvalue weighted by molar-refractivity contribution is 6.13. The Balaban J connectivity index is 1.73. The molecule has 0 radical (unpaired) electrons. The van der Waals surface area contributed by atoms with Crippen LogP contribution in [-0.4, -0.2) is 24.7 Å². The third kappa shape index (κ3) is 5.77. The van der Waals surface area contributed by atoms with E-state index in [0.717, 1.165) is 22.6 Å². The second-order valence-corrected chi connectivity index (χ2v) is 6.17. The summed E-state index contributed by atoms with van der Waals surface area (Å²) in [6.45, 7) is 1.69. The molecule has 0 heterocycles. The summed E-state index contributed by atoms with van der Waals surface area (Å²) in [6.07, 6.45) is 0. The fourth-order valence-electron chi connectivity index (χ4n) is 2.63. The topological polar surface area (TPSA) is 75.1 Å². The largest absolute Gasteiger partial charge is 0.497 e. The van der Waals surface area contributed by atoms with E-state index in [1.54, 1.807) is 38.3 Å². The predicted molar refractivity (Wildman–Crippen MR) is 117 cm³/mol. The fourth-order valence-corrected chi connectivity index (χ4v) is 2.63. The standard InChI is InChI=1S/C23H22N4O2/c1-17(24-23(28)25-20-13-15-21(29-2)16-14-20)26-27-22(18-9-5-3-6-10-18)19-11-7-4-8-12-19/h3-16H,1-2H3,(H2,24,25,26,28). The average Bonchev–Trinajstić information content (AvgIpc) is 2.76. The molecule has 0 aromatic heterocycles. The Morgan fingerprint density at radius 1 is 0.793 bits per heavy atom. The molecule has 6 heteroatoms. The molecule has 0 aliphatic rings. The first-order valence-electron chi connectivity index (χ1n) is 9.11. The molecule has 146 valence electrons. The van der Waals surface area contributed by atoms with Gasteiger partial charge in [0.1, 0.15) is 17.3 Å². The number of amidine groups is 1. The lowest BCUT2D eigenvalue weighted by Gasteiger charge is -2.08. The van der Waals surface area contributed by atoms with Crippen LogP contribution in [0, 0.1) is 0 Å². The van der Waals surface area contributed by atoms with Crippen molar-refractivity contribution in [3.05, 3.63) is 96.1 Å². The Bertz CT molecular complexity index is 957. The minimum atomic E-state index is -0.396. The highest BCUT2D eigenvalue weighted by Crippen LogP contribution is 2.15. The minimum Gasteiger partial charge on any atom is -0.497 e. The highest BCUT2D eigenvalue weighted by Gasteiger charge is 2.07. The second-order valence-electron chi connectivity index (χ2n) is 6.17. The predicted octanol–water partition coefficient (Wildman–Crippen LogP) is 4.69. The number of ether oxygens (including phenoxy) is 1. The number of hydrogen-bond donors (Lipinski definition) is 2. The van der Waals surface area contributed by atoms with Gasteiger partial charge in [-0.2, -0.15) is 0 Å². The van der Waals surface area contributed by atoms with Crippen LogP contribution in [-0.2, 0) is 0 Å². The molecule has 0 saturated heterocycles. The molecule has 0 spiro atoms. The first kappa shape index (κ1) is 19.8. The molecule has 0 aliphatic heterocycles. The van der Waals surface area contributed by atoms with Crippen molar-refractivity contribution < 1.29 is 9.53 Å². The van der Waals surface area contributed by atoms with Crippen LogP contribution in [0.3, 0.4) is 0 Å². The van der Waals surface area contributed by atoms with Crippen molar-refractivity contribution in [2.45, 2.75) is 6.92 Å². The van der Waals surface area contributed by atoms with Gasteiger partial charge in [0, 0.05) is 16.8 Å². The zero-order valence-corrected chi connectivity index (χ0v) is 16.3. The molecular weight excluding hydrogens is 364 g/mol. The number of anilines is 1. The van der Waals surface area contributed by atoms with E-state index < -0.39 is 6.03 Å². The molecule has 3 rings (SSSR count). The van der Waals surface area contributed by atoms with Crippen LogP contribution in [0.4, 0.5) is 10.5 Å². The number of nitrogens with zero attached hydrogens (tertiary/aromatic N) is 2. The molecule has 0 atom stereocenters. The molecular formula is C23H22N4O2. The lowest BCUT2D eigenvalue weighted by atomic mass is 10.0. The maximum atomic E-state index is 12.2. The van der Waals surface area contributed by atoms with Gasteiger partial charge in [-0.1, -0.05) is 60.7 Å². The fraction of sp³-hybridized carbons (Fsp3) is 0.0870. The molecule has 29 heavy (non-hydrogen) atoms. The van der Waals surface area contributed by atoms with E-state index in [4.69, 9.17) is 4.74 Å². The summed E-state index contributed by atoms with van der Waals surface area (Å²) in [4.78, 5) is 12.2. The molecule has 0 saturated carbocycles. The van der Waals surface area contributed by atoms with E-state index in [0.29, 0.717) is 11.5 Å². The van der Waals surface area contributed by atoms with E-state index in [1.807, 2.05) is 60.7 Å². The van der Waals surface area contributed by atoms with Crippen molar-refractivity contribution in [3.8, 4) is 5.75 Å². The van der Waals surface area contributed by atoms with Crippen LogP contribution in [0.25, 0.3) is 0 Å². The number of hydrogen-bond acceptors (Lipinski definition) is 4. The van der Waals surface area contributed by atoms with Crippen molar-refractivity contribution in [2.24, 2.45) is 10.2 Å². The number of methoxy groups -OCH3 is 1. The first-order valence-corrected chi connectivity index (χ1v) is 9.11. The van der Waals surface area contributed by atoms with Gasteiger partial charge in [0.2, 0.25) is 0 Å². The molecule has 6 nitrogen and oxygen atoms in total. The Hall–Kier alpha value is -3.93. The summed E-state index contributed by atoms with van der Waals surface area (Å²) >= 11 is 0. The van der Waals surface area contributed by atoms with Crippen LogP contribution < -0.4 is 15.4 Å². The molecule has 2 N–H and O–H groups in total. The average molecular weight is 386 g/mol. The molecule has 0 unspecified atom stereocenters. The van der Waals surface area contributed by atoms with Crippen LogP contribution in [0.15, 0.2) is 95.1 Å². The Morgan fingerprint density at radius 3 is 1.86 bits per heavy atom. The summed E-state index contributed by atoms with van der Waals surface area (Å²) in [7, 11) is 1.59.